The monoisotopic (exact) mass is 271 g/mol. The van der Waals surface area contributed by atoms with E-state index in [-0.39, 0.29) is 19.4 Å². The summed E-state index contributed by atoms with van der Waals surface area (Å²) in [7, 11) is 0. The number of amides is 4. The lowest BCUT2D eigenvalue weighted by Gasteiger charge is -2.28. The van der Waals surface area contributed by atoms with E-state index in [1.54, 1.807) is 13.8 Å². The summed E-state index contributed by atoms with van der Waals surface area (Å²) in [5.41, 5.74) is -1.36. The van der Waals surface area contributed by atoms with Crippen LogP contribution < -0.4 is 10.6 Å². The Labute approximate surface area is 110 Å². The second kappa shape index (κ2) is 5.68. The molecule has 3 N–H and O–H groups in total. The van der Waals surface area contributed by atoms with Gasteiger partial charge in [0.25, 0.3) is 5.91 Å². The molecule has 1 rings (SSSR count). The molecule has 0 saturated carbocycles. The molecule has 0 aromatic carbocycles. The molecule has 106 valence electrons. The molecule has 1 aliphatic heterocycles. The standard InChI is InChI=1S/C11H17N3O5/c1-3-11(4-2,9(17)18)13-7(15)6-14-8(16)5-12-10(14)19/h3-6H2,1-2H3,(H,12,19)(H,13,15)(H,17,18). The lowest BCUT2D eigenvalue weighted by atomic mass is 9.93. The summed E-state index contributed by atoms with van der Waals surface area (Å²) >= 11 is 0. The van der Waals surface area contributed by atoms with Gasteiger partial charge in [0.2, 0.25) is 5.91 Å². The Morgan fingerprint density at radius 1 is 1.37 bits per heavy atom. The quantitative estimate of drug-likeness (QED) is 0.552. The van der Waals surface area contributed by atoms with E-state index < -0.39 is 35.9 Å². The predicted octanol–water partition coefficient (Wildman–Crippen LogP) is -0.702. The maximum atomic E-state index is 11.8. The van der Waals surface area contributed by atoms with Crippen molar-refractivity contribution in [3.8, 4) is 0 Å². The van der Waals surface area contributed by atoms with Crippen LogP contribution in [0.1, 0.15) is 26.7 Å². The van der Waals surface area contributed by atoms with E-state index in [2.05, 4.69) is 10.6 Å². The molecule has 1 fully saturated rings. The minimum Gasteiger partial charge on any atom is -0.480 e. The van der Waals surface area contributed by atoms with Crippen LogP contribution in [0.4, 0.5) is 4.79 Å². The molecular formula is C11H17N3O5. The van der Waals surface area contributed by atoms with Crippen molar-refractivity contribution in [2.45, 2.75) is 32.2 Å². The van der Waals surface area contributed by atoms with E-state index >= 15 is 0 Å². The molecule has 1 aliphatic rings. The molecule has 0 aromatic heterocycles. The normalized spacial score (nSPS) is 15.4. The van der Waals surface area contributed by atoms with Crippen molar-refractivity contribution in [3.63, 3.8) is 0 Å². The first-order chi connectivity index (χ1) is 8.86. The fraction of sp³-hybridized carbons (Fsp3) is 0.636. The van der Waals surface area contributed by atoms with Gasteiger partial charge in [0.15, 0.2) is 0 Å². The number of nitrogens with zero attached hydrogens (tertiary/aromatic N) is 1. The van der Waals surface area contributed by atoms with E-state index in [0.29, 0.717) is 0 Å². The number of carbonyl (C=O) groups excluding carboxylic acids is 3. The van der Waals surface area contributed by atoms with E-state index in [9.17, 15) is 19.2 Å². The number of rotatable bonds is 6. The number of carboxylic acids is 1. The zero-order chi connectivity index (χ0) is 14.6. The minimum atomic E-state index is -1.36. The van der Waals surface area contributed by atoms with Crippen LogP contribution in [0.3, 0.4) is 0 Å². The number of carbonyl (C=O) groups is 4. The highest BCUT2D eigenvalue weighted by Gasteiger charge is 2.38. The molecule has 8 heteroatoms. The van der Waals surface area contributed by atoms with Crippen molar-refractivity contribution in [2.75, 3.05) is 13.1 Å². The topological polar surface area (TPSA) is 116 Å². The van der Waals surface area contributed by atoms with Crippen LogP contribution in [0.2, 0.25) is 0 Å². The van der Waals surface area contributed by atoms with Gasteiger partial charge in [0.1, 0.15) is 12.1 Å². The summed E-state index contributed by atoms with van der Waals surface area (Å²) in [6, 6.07) is -0.644. The van der Waals surface area contributed by atoms with Crippen molar-refractivity contribution >= 4 is 23.8 Å². The summed E-state index contributed by atoms with van der Waals surface area (Å²) < 4.78 is 0. The Hall–Kier alpha value is -2.12. The van der Waals surface area contributed by atoms with Crippen LogP contribution in [-0.4, -0.2) is 52.4 Å². The lowest BCUT2D eigenvalue weighted by molar-refractivity contribution is -0.148. The highest BCUT2D eigenvalue weighted by molar-refractivity contribution is 6.04. The Morgan fingerprint density at radius 3 is 2.32 bits per heavy atom. The van der Waals surface area contributed by atoms with Crippen molar-refractivity contribution in [1.82, 2.24) is 15.5 Å². The van der Waals surface area contributed by atoms with Crippen LogP contribution in [-0.2, 0) is 14.4 Å². The van der Waals surface area contributed by atoms with Gasteiger partial charge in [-0.1, -0.05) is 13.8 Å². The van der Waals surface area contributed by atoms with Gasteiger partial charge in [-0.3, -0.25) is 14.5 Å². The number of aliphatic carboxylic acids is 1. The Morgan fingerprint density at radius 2 is 1.95 bits per heavy atom. The van der Waals surface area contributed by atoms with Gasteiger partial charge in [-0.25, -0.2) is 9.59 Å². The molecule has 0 bridgehead atoms. The van der Waals surface area contributed by atoms with Crippen LogP contribution >= 0.6 is 0 Å². The molecular weight excluding hydrogens is 254 g/mol. The Bertz CT molecular complexity index is 401. The van der Waals surface area contributed by atoms with E-state index in [0.717, 1.165) is 4.90 Å². The van der Waals surface area contributed by atoms with Crippen LogP contribution in [0, 0.1) is 0 Å². The fourth-order valence-corrected chi connectivity index (χ4v) is 1.85. The SMILES string of the molecule is CCC(CC)(NC(=O)CN1C(=O)CNC1=O)C(=O)O. The molecule has 1 saturated heterocycles. The third-order valence-corrected chi connectivity index (χ3v) is 3.23. The predicted molar refractivity (Wildman–Crippen MR) is 64.2 cm³/mol. The van der Waals surface area contributed by atoms with E-state index in [4.69, 9.17) is 5.11 Å². The average Bonchev–Trinajstić information content (AvgIpc) is 2.67. The fourth-order valence-electron chi connectivity index (χ4n) is 1.85. The number of hydrogen-bond acceptors (Lipinski definition) is 4. The molecule has 8 nitrogen and oxygen atoms in total. The number of hydrogen-bond donors (Lipinski definition) is 3. The Balaban J connectivity index is 2.71. The maximum Gasteiger partial charge on any atom is 0.329 e. The average molecular weight is 271 g/mol. The minimum absolute atomic E-state index is 0.141. The van der Waals surface area contributed by atoms with Gasteiger partial charge in [-0.05, 0) is 12.8 Å². The van der Waals surface area contributed by atoms with Gasteiger partial charge in [-0.2, -0.15) is 0 Å². The smallest absolute Gasteiger partial charge is 0.329 e. The molecule has 0 unspecified atom stereocenters. The van der Waals surface area contributed by atoms with Gasteiger partial charge < -0.3 is 15.7 Å². The van der Waals surface area contributed by atoms with Gasteiger partial charge in [0.05, 0.1) is 6.54 Å². The molecule has 4 amide bonds. The highest BCUT2D eigenvalue weighted by atomic mass is 16.4. The van der Waals surface area contributed by atoms with E-state index in [1.165, 1.54) is 0 Å². The summed E-state index contributed by atoms with van der Waals surface area (Å²) in [5, 5.41) is 13.8. The van der Waals surface area contributed by atoms with E-state index in [1.807, 2.05) is 0 Å². The maximum absolute atomic E-state index is 11.8. The first-order valence-corrected chi connectivity index (χ1v) is 5.99. The third-order valence-electron chi connectivity index (χ3n) is 3.23. The van der Waals surface area contributed by atoms with Gasteiger partial charge in [0, 0.05) is 0 Å². The Kier molecular flexibility index (Phi) is 4.47. The van der Waals surface area contributed by atoms with Crippen molar-refractivity contribution in [1.29, 1.82) is 0 Å². The molecule has 1 heterocycles. The third kappa shape index (κ3) is 3.01. The first kappa shape index (κ1) is 14.9. The van der Waals surface area contributed by atoms with Crippen molar-refractivity contribution < 1.29 is 24.3 Å². The summed E-state index contributed by atoms with van der Waals surface area (Å²) in [6.45, 7) is 2.68. The molecule has 19 heavy (non-hydrogen) atoms. The van der Waals surface area contributed by atoms with Crippen LogP contribution in [0.5, 0.6) is 0 Å². The van der Waals surface area contributed by atoms with Crippen molar-refractivity contribution in [2.24, 2.45) is 0 Å². The highest BCUT2D eigenvalue weighted by Crippen LogP contribution is 2.15. The lowest BCUT2D eigenvalue weighted by Crippen LogP contribution is -2.56. The van der Waals surface area contributed by atoms with Crippen molar-refractivity contribution in [3.05, 3.63) is 0 Å². The van der Waals surface area contributed by atoms with Gasteiger partial charge >= 0.3 is 12.0 Å². The largest absolute Gasteiger partial charge is 0.480 e. The summed E-state index contributed by atoms with van der Waals surface area (Å²) in [6.07, 6.45) is 0.426. The zero-order valence-corrected chi connectivity index (χ0v) is 10.9. The summed E-state index contributed by atoms with van der Waals surface area (Å²) in [4.78, 5) is 46.3. The molecule has 0 aromatic rings. The van der Waals surface area contributed by atoms with Crippen LogP contribution in [0.25, 0.3) is 0 Å². The molecule has 0 aliphatic carbocycles. The number of urea groups is 1. The second-order valence-electron chi connectivity index (χ2n) is 4.28. The molecule has 0 spiro atoms. The zero-order valence-electron chi connectivity index (χ0n) is 10.9. The van der Waals surface area contributed by atoms with Gasteiger partial charge in [-0.15, -0.1) is 0 Å². The molecule has 0 radical (unpaired) electrons. The first-order valence-electron chi connectivity index (χ1n) is 5.99. The number of imide groups is 1. The number of nitrogens with one attached hydrogen (secondary N) is 2. The molecule has 0 atom stereocenters. The number of carboxylic acid groups (broad SMARTS) is 1. The summed E-state index contributed by atoms with van der Waals surface area (Å²) in [5.74, 6) is -2.31. The van der Waals surface area contributed by atoms with Crippen LogP contribution in [0.15, 0.2) is 0 Å². The second-order valence-corrected chi connectivity index (χ2v) is 4.28.